The molecule has 1 saturated heterocycles. The number of rotatable bonds is 8. The van der Waals surface area contributed by atoms with E-state index in [1.54, 1.807) is 0 Å². The van der Waals surface area contributed by atoms with Gasteiger partial charge in [0.2, 0.25) is 0 Å². The van der Waals surface area contributed by atoms with Crippen LogP contribution in [0.2, 0.25) is 0 Å². The van der Waals surface area contributed by atoms with Crippen LogP contribution in [0.4, 0.5) is 4.79 Å². The maximum Gasteiger partial charge on any atom is 0.410 e. The molecule has 1 fully saturated rings. The van der Waals surface area contributed by atoms with Gasteiger partial charge in [0.15, 0.2) is 0 Å². The highest BCUT2D eigenvalue weighted by atomic mass is 32.2. The minimum Gasteiger partial charge on any atom is -0.445 e. The van der Waals surface area contributed by atoms with Crippen LogP contribution in [0.25, 0.3) is 0 Å². The highest BCUT2D eigenvalue weighted by Gasteiger charge is 2.38. The van der Waals surface area contributed by atoms with E-state index in [1.165, 1.54) is 11.0 Å². The highest BCUT2D eigenvalue weighted by molar-refractivity contribution is 7.86. The van der Waals surface area contributed by atoms with Crippen molar-refractivity contribution in [1.82, 2.24) is 4.90 Å². The van der Waals surface area contributed by atoms with Crippen molar-refractivity contribution in [3.05, 3.63) is 12.7 Å². The lowest BCUT2D eigenvalue weighted by Crippen LogP contribution is -2.37. The summed E-state index contributed by atoms with van der Waals surface area (Å²) in [6, 6.07) is -0.444. The number of hydrogen-bond acceptors (Lipinski definition) is 8. The number of ether oxygens (including phenoxy) is 1. The third-order valence-electron chi connectivity index (χ3n) is 2.99. The van der Waals surface area contributed by atoms with Crippen molar-refractivity contribution in [3.8, 4) is 0 Å². The van der Waals surface area contributed by atoms with Crippen LogP contribution >= 0.6 is 0 Å². The average molecular weight is 371 g/mol. The van der Waals surface area contributed by atoms with Gasteiger partial charge in [-0.05, 0) is 12.8 Å². The third-order valence-corrected chi connectivity index (χ3v) is 4.21. The van der Waals surface area contributed by atoms with Crippen LogP contribution in [0, 0.1) is 0 Å². The summed E-state index contributed by atoms with van der Waals surface area (Å²) in [5.74, 6) is 0. The topological polar surface area (TPSA) is 116 Å². The molecule has 23 heavy (non-hydrogen) atoms. The predicted octanol–water partition coefficient (Wildman–Crippen LogP) is 0.0944. The van der Waals surface area contributed by atoms with Crippen LogP contribution in [0.1, 0.15) is 12.8 Å². The Bertz CT molecular complexity index is 627. The van der Waals surface area contributed by atoms with E-state index in [0.29, 0.717) is 0 Å². The largest absolute Gasteiger partial charge is 0.445 e. The van der Waals surface area contributed by atoms with Crippen LogP contribution in [0.15, 0.2) is 12.7 Å². The molecule has 0 bridgehead atoms. The van der Waals surface area contributed by atoms with E-state index in [2.05, 4.69) is 10.8 Å². The summed E-state index contributed by atoms with van der Waals surface area (Å²) in [6.07, 6.45) is 2.35. The first kappa shape index (κ1) is 19.9. The number of likely N-dealkylation sites (tertiary alicyclic amines) is 1. The van der Waals surface area contributed by atoms with Crippen molar-refractivity contribution in [3.63, 3.8) is 0 Å². The Morgan fingerprint density at radius 3 is 2.43 bits per heavy atom. The number of carbonyl (C=O) groups excluding carboxylic acids is 1. The fraction of sp³-hybridized carbons (Fsp3) is 0.750. The minimum atomic E-state index is -3.66. The molecule has 1 aliphatic heterocycles. The Morgan fingerprint density at radius 2 is 1.91 bits per heavy atom. The molecule has 0 aromatic carbocycles. The van der Waals surface area contributed by atoms with Gasteiger partial charge in [-0.3, -0.25) is 8.37 Å². The zero-order valence-corrected chi connectivity index (χ0v) is 14.6. The van der Waals surface area contributed by atoms with E-state index in [1.807, 2.05) is 0 Å². The molecule has 0 saturated carbocycles. The molecular formula is C12H21NO8S2. The van der Waals surface area contributed by atoms with Gasteiger partial charge in [-0.1, -0.05) is 12.7 Å². The molecule has 0 aromatic rings. The van der Waals surface area contributed by atoms with Crippen LogP contribution in [-0.2, 0) is 33.3 Å². The summed E-state index contributed by atoms with van der Waals surface area (Å²) in [7, 11) is -7.25. The van der Waals surface area contributed by atoms with Gasteiger partial charge in [0, 0.05) is 6.04 Å². The van der Waals surface area contributed by atoms with E-state index in [9.17, 15) is 21.6 Å². The van der Waals surface area contributed by atoms with Crippen LogP contribution in [0.3, 0.4) is 0 Å². The van der Waals surface area contributed by atoms with Crippen molar-refractivity contribution in [2.75, 3.05) is 32.3 Å². The monoisotopic (exact) mass is 371 g/mol. The van der Waals surface area contributed by atoms with Gasteiger partial charge >= 0.3 is 6.09 Å². The Labute approximate surface area is 136 Å². The van der Waals surface area contributed by atoms with Crippen molar-refractivity contribution in [2.45, 2.75) is 25.0 Å². The lowest BCUT2D eigenvalue weighted by molar-refractivity contribution is 0.100. The van der Waals surface area contributed by atoms with Gasteiger partial charge in [0.05, 0.1) is 31.8 Å². The molecule has 0 aromatic heterocycles. The van der Waals surface area contributed by atoms with Crippen molar-refractivity contribution in [2.24, 2.45) is 0 Å². The summed E-state index contributed by atoms with van der Waals surface area (Å²) in [6.45, 7) is 3.35. The van der Waals surface area contributed by atoms with E-state index in [-0.39, 0.29) is 32.6 Å². The smallest absolute Gasteiger partial charge is 0.410 e. The standard InChI is InChI=1S/C12H21NO8S2/c1-4-6-19-12(14)13-9-11(21-23(3,17)18)8-10(13)5-7-20-22(2,15)16/h4,10-11H,1,5-9H2,2-3H3. The number of nitrogens with zero attached hydrogens (tertiary/aromatic N) is 1. The summed E-state index contributed by atoms with van der Waals surface area (Å²) < 4.78 is 58.9. The molecule has 0 spiro atoms. The average Bonchev–Trinajstić information content (AvgIpc) is 2.75. The van der Waals surface area contributed by atoms with Gasteiger partial charge < -0.3 is 9.64 Å². The molecule has 1 amide bonds. The number of hydrogen-bond donors (Lipinski definition) is 0. The first-order valence-corrected chi connectivity index (χ1v) is 10.4. The van der Waals surface area contributed by atoms with Crippen molar-refractivity contribution < 1.29 is 34.7 Å². The van der Waals surface area contributed by atoms with Gasteiger partial charge in [-0.2, -0.15) is 16.8 Å². The lowest BCUT2D eigenvalue weighted by Gasteiger charge is -2.23. The van der Waals surface area contributed by atoms with Gasteiger partial charge in [-0.25, -0.2) is 4.79 Å². The first-order chi connectivity index (χ1) is 10.5. The quantitative estimate of drug-likeness (QED) is 0.435. The molecule has 2 unspecified atom stereocenters. The summed E-state index contributed by atoms with van der Waals surface area (Å²) in [4.78, 5) is 13.3. The summed E-state index contributed by atoms with van der Waals surface area (Å²) >= 11 is 0. The fourth-order valence-electron chi connectivity index (χ4n) is 2.24. The summed E-state index contributed by atoms with van der Waals surface area (Å²) in [5, 5.41) is 0. The Morgan fingerprint density at radius 1 is 1.26 bits per heavy atom. The van der Waals surface area contributed by atoms with E-state index >= 15 is 0 Å². The Kier molecular flexibility index (Phi) is 6.99. The molecule has 9 nitrogen and oxygen atoms in total. The molecular weight excluding hydrogens is 350 g/mol. The van der Waals surface area contributed by atoms with Gasteiger partial charge in [-0.15, -0.1) is 0 Å². The fourth-order valence-corrected chi connectivity index (χ4v) is 3.27. The lowest BCUT2D eigenvalue weighted by atomic mass is 10.1. The Hall–Kier alpha value is -1.17. The van der Waals surface area contributed by atoms with Crippen molar-refractivity contribution >= 4 is 26.3 Å². The van der Waals surface area contributed by atoms with E-state index in [0.717, 1.165) is 12.5 Å². The van der Waals surface area contributed by atoms with Crippen LogP contribution in [-0.4, -0.2) is 72.2 Å². The molecule has 1 heterocycles. The van der Waals surface area contributed by atoms with E-state index in [4.69, 9.17) is 8.92 Å². The zero-order valence-electron chi connectivity index (χ0n) is 13.0. The maximum atomic E-state index is 12.0. The van der Waals surface area contributed by atoms with Gasteiger partial charge in [0.1, 0.15) is 6.61 Å². The number of amides is 1. The third kappa shape index (κ3) is 7.77. The van der Waals surface area contributed by atoms with Crippen LogP contribution < -0.4 is 0 Å². The predicted molar refractivity (Wildman–Crippen MR) is 81.8 cm³/mol. The molecule has 0 radical (unpaired) electrons. The van der Waals surface area contributed by atoms with Crippen molar-refractivity contribution in [1.29, 1.82) is 0 Å². The van der Waals surface area contributed by atoms with Crippen LogP contribution in [0.5, 0.6) is 0 Å². The minimum absolute atomic E-state index is 0.0134. The van der Waals surface area contributed by atoms with E-state index < -0.39 is 38.5 Å². The molecule has 11 heteroatoms. The first-order valence-electron chi connectivity index (χ1n) is 6.79. The SMILES string of the molecule is C=CCOC(=O)N1CC(OS(C)(=O)=O)CC1CCOS(C)(=O)=O. The van der Waals surface area contributed by atoms with Gasteiger partial charge in [0.25, 0.3) is 20.2 Å². The Balaban J connectivity index is 2.71. The maximum absolute atomic E-state index is 12.0. The second kappa shape index (κ2) is 8.08. The second-order valence-electron chi connectivity index (χ2n) is 5.14. The normalized spacial score (nSPS) is 22.1. The molecule has 1 rings (SSSR count). The number of carbonyl (C=O) groups is 1. The molecule has 2 atom stereocenters. The molecule has 134 valence electrons. The molecule has 0 N–H and O–H groups in total. The summed E-state index contributed by atoms with van der Waals surface area (Å²) in [5.41, 5.74) is 0. The second-order valence-corrected chi connectivity index (χ2v) is 8.39. The molecule has 0 aliphatic carbocycles. The highest BCUT2D eigenvalue weighted by Crippen LogP contribution is 2.25. The molecule has 1 aliphatic rings. The zero-order chi connectivity index (χ0) is 17.7.